The Morgan fingerprint density at radius 3 is 2.86 bits per heavy atom. The maximum Gasteiger partial charge on any atom is 0.226 e. The molecule has 1 amide bonds. The number of carbonyl (C=O) groups excluding carboxylic acids is 1. The van der Waals surface area contributed by atoms with Crippen LogP contribution >= 0.6 is 0 Å². The van der Waals surface area contributed by atoms with E-state index in [9.17, 15) is 4.79 Å². The van der Waals surface area contributed by atoms with Gasteiger partial charge >= 0.3 is 0 Å². The molecule has 5 nitrogen and oxygen atoms in total. The fraction of sp³-hybridized carbons (Fsp3) is 0.375. The number of rotatable bonds is 3. The molecule has 110 valence electrons. The number of aryl methyl sites for hydroxylation is 1. The summed E-state index contributed by atoms with van der Waals surface area (Å²) >= 11 is 0. The highest BCUT2D eigenvalue weighted by atomic mass is 16.5. The molecule has 0 saturated carbocycles. The summed E-state index contributed by atoms with van der Waals surface area (Å²) in [6.07, 6.45) is 0.500. The monoisotopic (exact) mass is 285 g/mol. The standard InChI is InChI=1S/C16H19N3O2/c1-9(2)21-13-7-5-4-6-11(13)12-8-14(20)17-16-15(12)10(3)18-19-16/h4-7,9,12H,8H2,1-3H3,(H2,17,18,19,20)/t12-/m0/s1. The SMILES string of the molecule is Cc1[nH]nc2c1[C@H](c1ccccc1OC(C)C)CC(=O)N2. The van der Waals surface area contributed by atoms with Gasteiger partial charge in [0.05, 0.1) is 6.10 Å². The summed E-state index contributed by atoms with van der Waals surface area (Å²) in [5.41, 5.74) is 3.07. The number of hydrogen-bond acceptors (Lipinski definition) is 3. The molecule has 21 heavy (non-hydrogen) atoms. The van der Waals surface area contributed by atoms with Crippen molar-refractivity contribution in [1.29, 1.82) is 0 Å². The van der Waals surface area contributed by atoms with Gasteiger partial charge < -0.3 is 10.1 Å². The minimum Gasteiger partial charge on any atom is -0.491 e. The third-order valence-electron chi connectivity index (χ3n) is 3.65. The van der Waals surface area contributed by atoms with E-state index in [2.05, 4.69) is 15.5 Å². The fourth-order valence-electron chi connectivity index (χ4n) is 2.83. The first-order valence-electron chi connectivity index (χ1n) is 7.16. The zero-order valence-corrected chi connectivity index (χ0v) is 12.4. The Morgan fingerprint density at radius 2 is 2.10 bits per heavy atom. The minimum atomic E-state index is -0.0255. The first-order valence-corrected chi connectivity index (χ1v) is 7.16. The van der Waals surface area contributed by atoms with Crippen LogP contribution in [0.2, 0.25) is 0 Å². The van der Waals surface area contributed by atoms with Gasteiger partial charge in [-0.2, -0.15) is 5.10 Å². The number of ether oxygens (including phenoxy) is 1. The van der Waals surface area contributed by atoms with E-state index >= 15 is 0 Å². The number of para-hydroxylation sites is 1. The molecule has 0 saturated heterocycles. The Hall–Kier alpha value is -2.30. The van der Waals surface area contributed by atoms with Crippen LogP contribution < -0.4 is 10.1 Å². The zero-order chi connectivity index (χ0) is 15.0. The largest absolute Gasteiger partial charge is 0.491 e. The van der Waals surface area contributed by atoms with Crippen LogP contribution in [0.5, 0.6) is 5.75 Å². The highest BCUT2D eigenvalue weighted by Crippen LogP contribution is 2.41. The van der Waals surface area contributed by atoms with Crippen molar-refractivity contribution in [2.75, 3.05) is 5.32 Å². The Morgan fingerprint density at radius 1 is 1.33 bits per heavy atom. The average Bonchev–Trinajstić information content (AvgIpc) is 2.79. The van der Waals surface area contributed by atoms with Crippen LogP contribution in [-0.4, -0.2) is 22.2 Å². The summed E-state index contributed by atoms with van der Waals surface area (Å²) < 4.78 is 5.90. The second-order valence-corrected chi connectivity index (χ2v) is 5.62. The maximum atomic E-state index is 11.9. The van der Waals surface area contributed by atoms with E-state index in [-0.39, 0.29) is 17.9 Å². The number of fused-ring (bicyclic) bond motifs is 1. The van der Waals surface area contributed by atoms with Gasteiger partial charge in [-0.05, 0) is 26.8 Å². The van der Waals surface area contributed by atoms with Crippen molar-refractivity contribution in [2.45, 2.75) is 39.2 Å². The number of anilines is 1. The van der Waals surface area contributed by atoms with Crippen LogP contribution in [0.3, 0.4) is 0 Å². The van der Waals surface area contributed by atoms with Gasteiger partial charge in [-0.15, -0.1) is 0 Å². The van der Waals surface area contributed by atoms with E-state index in [4.69, 9.17) is 4.74 Å². The molecule has 2 N–H and O–H groups in total. The summed E-state index contributed by atoms with van der Waals surface area (Å²) in [6.45, 7) is 5.97. The average molecular weight is 285 g/mol. The number of carbonyl (C=O) groups is 1. The number of H-pyrrole nitrogens is 1. The molecule has 5 heteroatoms. The molecule has 0 spiro atoms. The maximum absolute atomic E-state index is 11.9. The fourth-order valence-corrected chi connectivity index (χ4v) is 2.83. The molecule has 1 aliphatic heterocycles. The van der Waals surface area contributed by atoms with Crippen molar-refractivity contribution >= 4 is 11.7 Å². The van der Waals surface area contributed by atoms with Gasteiger partial charge in [-0.1, -0.05) is 18.2 Å². The van der Waals surface area contributed by atoms with E-state index in [1.807, 2.05) is 45.0 Å². The van der Waals surface area contributed by atoms with E-state index in [1.54, 1.807) is 0 Å². The molecule has 1 aromatic carbocycles. The third kappa shape index (κ3) is 2.51. The number of aromatic amines is 1. The Kier molecular flexibility index (Phi) is 3.41. The highest BCUT2D eigenvalue weighted by Gasteiger charge is 2.32. The van der Waals surface area contributed by atoms with Crippen LogP contribution in [-0.2, 0) is 4.79 Å². The molecular weight excluding hydrogens is 266 g/mol. The zero-order valence-electron chi connectivity index (χ0n) is 12.4. The summed E-state index contributed by atoms with van der Waals surface area (Å²) in [5.74, 6) is 1.42. The first kappa shape index (κ1) is 13.7. The van der Waals surface area contributed by atoms with Gasteiger partial charge in [0, 0.05) is 29.2 Å². The molecule has 0 bridgehead atoms. The summed E-state index contributed by atoms with van der Waals surface area (Å²) in [7, 11) is 0. The van der Waals surface area contributed by atoms with Crippen LogP contribution in [0, 0.1) is 6.92 Å². The van der Waals surface area contributed by atoms with Crippen molar-refractivity contribution in [3.8, 4) is 5.75 Å². The number of hydrogen-bond donors (Lipinski definition) is 2. The van der Waals surface area contributed by atoms with Gasteiger partial charge in [-0.25, -0.2) is 0 Å². The van der Waals surface area contributed by atoms with Crippen molar-refractivity contribution in [3.05, 3.63) is 41.1 Å². The van der Waals surface area contributed by atoms with E-state index in [1.165, 1.54) is 0 Å². The molecule has 1 aromatic heterocycles. The van der Waals surface area contributed by atoms with Gasteiger partial charge in [0.2, 0.25) is 5.91 Å². The number of nitrogens with one attached hydrogen (secondary N) is 2. The molecule has 0 radical (unpaired) electrons. The second kappa shape index (κ2) is 5.24. The number of amides is 1. The molecule has 0 aliphatic carbocycles. The van der Waals surface area contributed by atoms with Crippen molar-refractivity contribution < 1.29 is 9.53 Å². The molecule has 3 rings (SSSR count). The molecule has 2 heterocycles. The van der Waals surface area contributed by atoms with Crippen molar-refractivity contribution in [2.24, 2.45) is 0 Å². The smallest absolute Gasteiger partial charge is 0.226 e. The third-order valence-corrected chi connectivity index (χ3v) is 3.65. The van der Waals surface area contributed by atoms with E-state index in [0.717, 1.165) is 22.6 Å². The lowest BCUT2D eigenvalue weighted by atomic mass is 9.85. The lowest BCUT2D eigenvalue weighted by Gasteiger charge is -2.25. The van der Waals surface area contributed by atoms with Gasteiger partial charge in [0.15, 0.2) is 5.82 Å². The molecule has 1 atom stereocenters. The molecule has 2 aromatic rings. The van der Waals surface area contributed by atoms with Gasteiger partial charge in [0.1, 0.15) is 5.75 Å². The highest BCUT2D eigenvalue weighted by molar-refractivity contribution is 5.94. The summed E-state index contributed by atoms with van der Waals surface area (Å²) in [4.78, 5) is 11.9. The normalized spacial score (nSPS) is 17.5. The van der Waals surface area contributed by atoms with Gasteiger partial charge in [-0.3, -0.25) is 9.89 Å². The predicted molar refractivity (Wildman–Crippen MR) is 80.6 cm³/mol. The Balaban J connectivity index is 2.08. The molecule has 0 unspecified atom stereocenters. The molecule has 1 aliphatic rings. The van der Waals surface area contributed by atoms with Crippen LogP contribution in [0.15, 0.2) is 24.3 Å². The topological polar surface area (TPSA) is 67.0 Å². The molecule has 0 fully saturated rings. The quantitative estimate of drug-likeness (QED) is 0.911. The van der Waals surface area contributed by atoms with E-state index < -0.39 is 0 Å². The molecular formula is C16H19N3O2. The Bertz CT molecular complexity index is 676. The van der Waals surface area contributed by atoms with Crippen molar-refractivity contribution in [3.63, 3.8) is 0 Å². The van der Waals surface area contributed by atoms with Crippen LogP contribution in [0.4, 0.5) is 5.82 Å². The summed E-state index contributed by atoms with van der Waals surface area (Å²) in [5, 5.41) is 9.95. The lowest BCUT2D eigenvalue weighted by molar-refractivity contribution is -0.116. The summed E-state index contributed by atoms with van der Waals surface area (Å²) in [6, 6.07) is 7.91. The number of aromatic nitrogens is 2. The van der Waals surface area contributed by atoms with E-state index in [0.29, 0.717) is 12.2 Å². The van der Waals surface area contributed by atoms with Crippen LogP contribution in [0.25, 0.3) is 0 Å². The number of nitrogens with zero attached hydrogens (tertiary/aromatic N) is 1. The van der Waals surface area contributed by atoms with Crippen LogP contribution in [0.1, 0.15) is 43.0 Å². The number of benzene rings is 1. The van der Waals surface area contributed by atoms with Crippen molar-refractivity contribution in [1.82, 2.24) is 10.2 Å². The van der Waals surface area contributed by atoms with Gasteiger partial charge in [0.25, 0.3) is 0 Å². The predicted octanol–water partition coefficient (Wildman–Crippen LogP) is 2.98. The Labute approximate surface area is 123 Å². The minimum absolute atomic E-state index is 0.0154. The first-order chi connectivity index (χ1) is 10.1. The second-order valence-electron chi connectivity index (χ2n) is 5.62. The lowest BCUT2D eigenvalue weighted by Crippen LogP contribution is -2.24.